The van der Waals surface area contributed by atoms with Crippen molar-refractivity contribution in [1.29, 1.82) is 0 Å². The van der Waals surface area contributed by atoms with Crippen LogP contribution in [0.1, 0.15) is 48.5 Å². The van der Waals surface area contributed by atoms with Gasteiger partial charge in [0, 0.05) is 52.3 Å². The molecule has 0 heterocycles. The lowest BCUT2D eigenvalue weighted by Crippen LogP contribution is -2.49. The molecule has 0 aromatic heterocycles. The Bertz CT molecular complexity index is 306. The third kappa shape index (κ3) is 12.2. The molecule has 0 saturated carbocycles. The zero-order chi connectivity index (χ0) is 21.3. The largest absolute Gasteiger partial charge is 0.500 e. The lowest BCUT2D eigenvalue weighted by molar-refractivity contribution is -0.0855. The Labute approximate surface area is 178 Å². The molecular weight excluding hydrogens is 412 g/mol. The van der Waals surface area contributed by atoms with E-state index in [2.05, 4.69) is 0 Å². The molecule has 0 atom stereocenters. The van der Waals surface area contributed by atoms with Gasteiger partial charge in [-0.05, 0) is 53.6 Å². The minimum absolute atomic E-state index is 0.211. The summed E-state index contributed by atoms with van der Waals surface area (Å²) in [4.78, 5) is 0. The van der Waals surface area contributed by atoms with E-state index in [-0.39, 0.29) is 17.0 Å². The van der Waals surface area contributed by atoms with Crippen molar-refractivity contribution >= 4 is 27.8 Å². The van der Waals surface area contributed by atoms with Crippen LogP contribution in [-0.2, 0) is 32.2 Å². The zero-order valence-electron chi connectivity index (χ0n) is 18.7. The molecule has 0 aliphatic heterocycles. The van der Waals surface area contributed by atoms with Gasteiger partial charge in [0.2, 0.25) is 0 Å². The van der Waals surface area contributed by atoms with Crippen molar-refractivity contribution in [3.8, 4) is 0 Å². The fourth-order valence-electron chi connectivity index (χ4n) is 2.60. The monoisotopic (exact) mass is 452 g/mol. The summed E-state index contributed by atoms with van der Waals surface area (Å²) in [5.41, 5.74) is 0. The van der Waals surface area contributed by atoms with Crippen molar-refractivity contribution in [2.75, 3.05) is 46.2 Å². The van der Waals surface area contributed by atoms with Gasteiger partial charge in [-0.2, -0.15) is 0 Å². The second kappa shape index (κ2) is 18.2. The summed E-state index contributed by atoms with van der Waals surface area (Å²) in [6.07, 6.45) is 0. The summed E-state index contributed by atoms with van der Waals surface area (Å²) in [5.74, 6) is -0.485. The van der Waals surface area contributed by atoms with E-state index in [1.165, 1.54) is 0 Å². The van der Waals surface area contributed by atoms with Crippen molar-refractivity contribution < 1.29 is 32.2 Å². The second-order valence-corrected chi connectivity index (χ2v) is 11.8. The van der Waals surface area contributed by atoms with Gasteiger partial charge >= 0.3 is 8.80 Å². The molecule has 0 aliphatic rings. The Morgan fingerprint density at radius 1 is 0.536 bits per heavy atom. The van der Waals surface area contributed by atoms with E-state index in [0.717, 1.165) is 0 Å². The second-order valence-electron chi connectivity index (χ2n) is 5.56. The summed E-state index contributed by atoms with van der Waals surface area (Å²) < 4.78 is 41.5. The van der Waals surface area contributed by atoms with E-state index in [1.807, 2.05) is 48.5 Å². The van der Waals surface area contributed by atoms with E-state index in [9.17, 15) is 0 Å². The van der Waals surface area contributed by atoms with Crippen LogP contribution in [0.4, 0.5) is 0 Å². The normalized spacial score (nSPS) is 12.6. The molecule has 7 nitrogen and oxygen atoms in total. The predicted molar refractivity (Wildman–Crippen MR) is 115 cm³/mol. The minimum atomic E-state index is -2.79. The predicted octanol–water partition coefficient (Wildman–Crippen LogP) is 2.90. The van der Waals surface area contributed by atoms with Gasteiger partial charge in [0.05, 0.1) is 0 Å². The van der Waals surface area contributed by atoms with Crippen molar-refractivity contribution in [2.45, 2.75) is 71.5 Å². The molecule has 0 fully saturated rings. The zero-order valence-corrected chi connectivity index (χ0v) is 21.7. The standard InChI is InChI=1S/C18H40O7Si3/c1-8-19-17(20-9-2)26-16(27-18(21-10-3)22-11-4)15-28(23-12-5,24-13-6)25-14-7/h16-18H,8-15H2,1-7H3. The first-order valence-corrected chi connectivity index (χ1v) is 14.7. The maximum atomic E-state index is 6.08. The Morgan fingerprint density at radius 3 is 1.11 bits per heavy atom. The van der Waals surface area contributed by atoms with Gasteiger partial charge in [-0.3, -0.25) is 0 Å². The van der Waals surface area contributed by atoms with Gasteiger partial charge in [0.25, 0.3) is 0 Å². The first-order valence-electron chi connectivity index (χ1n) is 10.4. The number of hydrogen-bond acceptors (Lipinski definition) is 7. The molecule has 0 amide bonds. The highest BCUT2D eigenvalue weighted by atomic mass is 28.4. The fourth-order valence-corrected chi connectivity index (χ4v) is 10.4. The van der Waals surface area contributed by atoms with E-state index >= 15 is 0 Å². The lowest BCUT2D eigenvalue weighted by Gasteiger charge is -2.33. The van der Waals surface area contributed by atoms with E-state index in [1.54, 1.807) is 0 Å². The molecule has 0 aromatic rings. The Hall–Kier alpha value is 0.371. The van der Waals surface area contributed by atoms with Gasteiger partial charge in [-0.25, -0.2) is 0 Å². The molecule has 0 N–H and O–H groups in total. The van der Waals surface area contributed by atoms with Crippen LogP contribution in [-0.4, -0.2) is 85.9 Å². The summed E-state index contributed by atoms with van der Waals surface area (Å²) in [7, 11) is -1.95. The van der Waals surface area contributed by atoms with E-state index in [0.29, 0.717) is 71.3 Å². The first-order chi connectivity index (χ1) is 13.5. The summed E-state index contributed by atoms with van der Waals surface area (Å²) in [6, 6.07) is 0.701. The summed E-state index contributed by atoms with van der Waals surface area (Å²) in [5, 5.41) is 0.211. The maximum Gasteiger partial charge on any atom is 0.500 e. The highest BCUT2D eigenvalue weighted by molar-refractivity contribution is 6.68. The lowest BCUT2D eigenvalue weighted by atomic mass is 10.8. The van der Waals surface area contributed by atoms with Gasteiger partial charge in [0.15, 0.2) is 0 Å². The molecule has 0 aliphatic carbocycles. The summed E-state index contributed by atoms with van der Waals surface area (Å²) >= 11 is 0. The van der Waals surface area contributed by atoms with Crippen molar-refractivity contribution in [3.05, 3.63) is 0 Å². The van der Waals surface area contributed by atoms with Gasteiger partial charge in [-0.1, -0.05) is 0 Å². The van der Waals surface area contributed by atoms with Crippen LogP contribution < -0.4 is 0 Å². The maximum absolute atomic E-state index is 6.08. The molecule has 0 unspecified atom stereocenters. The molecule has 0 saturated heterocycles. The third-order valence-electron chi connectivity index (χ3n) is 3.49. The van der Waals surface area contributed by atoms with Crippen molar-refractivity contribution in [1.82, 2.24) is 0 Å². The van der Waals surface area contributed by atoms with Gasteiger partial charge < -0.3 is 32.2 Å². The average Bonchev–Trinajstić information content (AvgIpc) is 2.63. The van der Waals surface area contributed by atoms with Crippen molar-refractivity contribution in [2.24, 2.45) is 0 Å². The van der Waals surface area contributed by atoms with Gasteiger partial charge in [-0.15, -0.1) is 0 Å². The Morgan fingerprint density at radius 2 is 0.857 bits per heavy atom. The highest BCUT2D eigenvalue weighted by Crippen LogP contribution is 2.27. The fraction of sp³-hybridized carbons (Fsp3) is 1.00. The Balaban J connectivity index is 5.48. The van der Waals surface area contributed by atoms with Crippen LogP contribution in [0.2, 0.25) is 11.2 Å². The summed E-state index contributed by atoms with van der Waals surface area (Å²) in [6.45, 7) is 18.0. The molecular formula is C18H40O7Si3. The average molecular weight is 453 g/mol. The molecule has 28 heavy (non-hydrogen) atoms. The van der Waals surface area contributed by atoms with E-state index in [4.69, 9.17) is 32.2 Å². The van der Waals surface area contributed by atoms with E-state index < -0.39 is 8.80 Å². The topological polar surface area (TPSA) is 64.6 Å². The molecule has 10 heteroatoms. The smallest absolute Gasteiger partial charge is 0.374 e. The van der Waals surface area contributed by atoms with Crippen LogP contribution in [0, 0.1) is 0 Å². The van der Waals surface area contributed by atoms with Crippen LogP contribution in [0.15, 0.2) is 0 Å². The quantitative estimate of drug-likeness (QED) is 0.208. The number of rotatable bonds is 20. The number of hydrogen-bond donors (Lipinski definition) is 0. The molecule has 166 valence electrons. The Kier molecular flexibility index (Phi) is 18.4. The molecule has 4 radical (unpaired) electrons. The molecule has 0 spiro atoms. The van der Waals surface area contributed by atoms with Crippen molar-refractivity contribution in [3.63, 3.8) is 0 Å². The third-order valence-corrected chi connectivity index (χ3v) is 10.8. The molecule has 0 rings (SSSR count). The van der Waals surface area contributed by atoms with Crippen LogP contribution in [0.25, 0.3) is 0 Å². The van der Waals surface area contributed by atoms with Crippen LogP contribution >= 0.6 is 0 Å². The number of ether oxygens (including phenoxy) is 4. The SMILES string of the molecule is CCOC(OCC)[Si]C(C[Si](OCC)(OCC)OCC)[Si]C(OCC)OCC. The molecule has 0 aromatic carbocycles. The van der Waals surface area contributed by atoms with Crippen LogP contribution in [0.3, 0.4) is 0 Å². The first kappa shape index (κ1) is 28.4. The minimum Gasteiger partial charge on any atom is -0.374 e. The van der Waals surface area contributed by atoms with Crippen LogP contribution in [0.5, 0.6) is 0 Å². The molecule has 0 bridgehead atoms. The highest BCUT2D eigenvalue weighted by Gasteiger charge is 2.44. The van der Waals surface area contributed by atoms with Gasteiger partial charge in [0.1, 0.15) is 30.9 Å².